The number of aliphatic imine (C=N–C) groups is 1. The van der Waals surface area contributed by atoms with Crippen LogP contribution in [0, 0.1) is 5.92 Å². The Balaban J connectivity index is 0.00000261. The summed E-state index contributed by atoms with van der Waals surface area (Å²) in [6, 6.07) is 8.73. The second kappa shape index (κ2) is 10.6. The number of nitrogens with one attached hydrogen (secondary N) is 1. The molecule has 0 saturated carbocycles. The summed E-state index contributed by atoms with van der Waals surface area (Å²) < 4.78 is 27.0. The Bertz CT molecular complexity index is 698. The number of hydrogen-bond donors (Lipinski definition) is 1. The molecule has 1 aromatic carbocycles. The van der Waals surface area contributed by atoms with Crippen LogP contribution in [-0.4, -0.2) is 62.9 Å². The van der Waals surface area contributed by atoms with Crippen molar-refractivity contribution in [2.45, 2.75) is 37.5 Å². The summed E-state index contributed by atoms with van der Waals surface area (Å²) >= 11 is 0. The van der Waals surface area contributed by atoms with Crippen LogP contribution in [0.15, 0.2) is 40.2 Å². The van der Waals surface area contributed by atoms with Crippen LogP contribution in [0.1, 0.15) is 32.6 Å². The van der Waals surface area contributed by atoms with Crippen LogP contribution in [0.3, 0.4) is 0 Å². The van der Waals surface area contributed by atoms with E-state index in [1.165, 1.54) is 12.8 Å². The van der Waals surface area contributed by atoms with Gasteiger partial charge < -0.3 is 10.2 Å². The molecule has 3 rings (SSSR count). The number of halogens is 1. The van der Waals surface area contributed by atoms with Gasteiger partial charge in [0.2, 0.25) is 10.0 Å². The molecular formula is C19H31IN4O2S. The minimum absolute atomic E-state index is 0. The van der Waals surface area contributed by atoms with E-state index in [1.54, 1.807) is 28.6 Å². The van der Waals surface area contributed by atoms with Crippen molar-refractivity contribution in [3.8, 4) is 0 Å². The van der Waals surface area contributed by atoms with Crippen molar-refractivity contribution in [3.05, 3.63) is 30.3 Å². The molecule has 152 valence electrons. The predicted octanol–water partition coefficient (Wildman–Crippen LogP) is 2.77. The van der Waals surface area contributed by atoms with Gasteiger partial charge in [-0.3, -0.25) is 4.99 Å². The van der Waals surface area contributed by atoms with Crippen molar-refractivity contribution >= 4 is 40.0 Å². The zero-order valence-electron chi connectivity index (χ0n) is 16.0. The Morgan fingerprint density at radius 2 is 1.74 bits per heavy atom. The van der Waals surface area contributed by atoms with E-state index in [2.05, 4.69) is 17.1 Å². The molecule has 2 heterocycles. The van der Waals surface area contributed by atoms with Crippen LogP contribution >= 0.6 is 24.0 Å². The van der Waals surface area contributed by atoms with Crippen molar-refractivity contribution in [2.75, 3.05) is 39.3 Å². The molecule has 0 atom stereocenters. The van der Waals surface area contributed by atoms with E-state index in [0.29, 0.717) is 23.9 Å². The van der Waals surface area contributed by atoms with Crippen LogP contribution in [0.2, 0.25) is 0 Å². The van der Waals surface area contributed by atoms with Crippen molar-refractivity contribution in [1.29, 1.82) is 0 Å². The fraction of sp³-hybridized carbons (Fsp3) is 0.632. The SMILES string of the molecule is CCNC(=NCC1CCN(S(=O)(=O)c2ccccc2)CC1)N1CCCC1.I. The summed E-state index contributed by atoms with van der Waals surface area (Å²) in [4.78, 5) is 7.55. The number of piperidine rings is 1. The molecule has 6 nitrogen and oxygen atoms in total. The van der Waals surface area contributed by atoms with E-state index >= 15 is 0 Å². The van der Waals surface area contributed by atoms with Crippen molar-refractivity contribution in [3.63, 3.8) is 0 Å². The monoisotopic (exact) mass is 506 g/mol. The molecule has 0 bridgehead atoms. The fourth-order valence-corrected chi connectivity index (χ4v) is 5.13. The van der Waals surface area contributed by atoms with Gasteiger partial charge in [0.25, 0.3) is 0 Å². The molecule has 2 fully saturated rings. The lowest BCUT2D eigenvalue weighted by Gasteiger charge is -2.31. The van der Waals surface area contributed by atoms with Gasteiger partial charge in [0.05, 0.1) is 4.90 Å². The van der Waals surface area contributed by atoms with E-state index in [4.69, 9.17) is 4.99 Å². The van der Waals surface area contributed by atoms with E-state index < -0.39 is 10.0 Å². The smallest absolute Gasteiger partial charge is 0.243 e. The van der Waals surface area contributed by atoms with Crippen molar-refractivity contribution in [2.24, 2.45) is 10.9 Å². The van der Waals surface area contributed by atoms with Crippen molar-refractivity contribution in [1.82, 2.24) is 14.5 Å². The maximum absolute atomic E-state index is 12.7. The molecule has 8 heteroatoms. The second-order valence-corrected chi connectivity index (χ2v) is 8.99. The number of guanidine groups is 1. The number of sulfonamides is 1. The predicted molar refractivity (Wildman–Crippen MR) is 120 cm³/mol. The van der Waals surface area contributed by atoms with Gasteiger partial charge in [-0.15, -0.1) is 24.0 Å². The first-order valence-corrected chi connectivity index (χ1v) is 11.1. The van der Waals surface area contributed by atoms with E-state index in [0.717, 1.165) is 45.0 Å². The molecule has 2 saturated heterocycles. The van der Waals surface area contributed by atoms with Crippen LogP contribution < -0.4 is 5.32 Å². The lowest BCUT2D eigenvalue weighted by molar-refractivity contribution is 0.278. The second-order valence-electron chi connectivity index (χ2n) is 7.05. The van der Waals surface area contributed by atoms with Gasteiger partial charge in [-0.05, 0) is 50.7 Å². The first-order valence-electron chi connectivity index (χ1n) is 9.69. The van der Waals surface area contributed by atoms with Crippen LogP contribution in [0.5, 0.6) is 0 Å². The van der Waals surface area contributed by atoms with Gasteiger partial charge in [0, 0.05) is 39.3 Å². The number of benzene rings is 1. The van der Waals surface area contributed by atoms with Gasteiger partial charge in [-0.1, -0.05) is 18.2 Å². The molecule has 0 aromatic heterocycles. The Hall–Kier alpha value is -0.870. The standard InChI is InChI=1S/C19H30N4O2S.HI/c1-2-20-19(22-12-6-7-13-22)21-16-17-10-14-23(15-11-17)26(24,25)18-8-4-3-5-9-18;/h3-5,8-9,17H,2,6-7,10-16H2,1H3,(H,20,21);1H. The Morgan fingerprint density at radius 1 is 1.11 bits per heavy atom. The molecule has 1 aromatic rings. The van der Waals surface area contributed by atoms with Gasteiger partial charge in [-0.2, -0.15) is 4.31 Å². The normalized spacial score (nSPS) is 19.7. The first-order chi connectivity index (χ1) is 12.6. The summed E-state index contributed by atoms with van der Waals surface area (Å²) in [6.45, 7) is 7.08. The number of rotatable bonds is 5. The number of hydrogen-bond acceptors (Lipinski definition) is 3. The van der Waals surface area contributed by atoms with Gasteiger partial charge in [0.15, 0.2) is 5.96 Å². The van der Waals surface area contributed by atoms with E-state index in [9.17, 15) is 8.42 Å². The van der Waals surface area contributed by atoms with Crippen molar-refractivity contribution < 1.29 is 8.42 Å². The Labute approximate surface area is 180 Å². The largest absolute Gasteiger partial charge is 0.357 e. The van der Waals surface area contributed by atoms with E-state index in [-0.39, 0.29) is 24.0 Å². The summed E-state index contributed by atoms with van der Waals surface area (Å²) in [5.74, 6) is 1.47. The molecule has 27 heavy (non-hydrogen) atoms. The molecule has 1 N–H and O–H groups in total. The van der Waals surface area contributed by atoms with Crippen LogP contribution in [-0.2, 0) is 10.0 Å². The molecule has 0 radical (unpaired) electrons. The molecule has 0 unspecified atom stereocenters. The number of likely N-dealkylation sites (tertiary alicyclic amines) is 1. The lowest BCUT2D eigenvalue weighted by Crippen LogP contribution is -2.41. The average molecular weight is 506 g/mol. The summed E-state index contributed by atoms with van der Waals surface area (Å²) in [5.41, 5.74) is 0. The highest BCUT2D eigenvalue weighted by Gasteiger charge is 2.29. The highest BCUT2D eigenvalue weighted by Crippen LogP contribution is 2.24. The van der Waals surface area contributed by atoms with Crippen LogP contribution in [0.25, 0.3) is 0 Å². The molecule has 0 amide bonds. The van der Waals surface area contributed by atoms with Crippen LogP contribution in [0.4, 0.5) is 0 Å². The van der Waals surface area contributed by atoms with Gasteiger partial charge in [0.1, 0.15) is 0 Å². The molecule has 0 aliphatic carbocycles. The minimum atomic E-state index is -3.36. The maximum Gasteiger partial charge on any atom is 0.243 e. The maximum atomic E-state index is 12.7. The first kappa shape index (κ1) is 22.4. The third kappa shape index (κ3) is 5.80. The lowest BCUT2D eigenvalue weighted by atomic mass is 9.98. The highest BCUT2D eigenvalue weighted by molar-refractivity contribution is 14.0. The summed E-state index contributed by atoms with van der Waals surface area (Å²) in [6.07, 6.45) is 4.21. The highest BCUT2D eigenvalue weighted by atomic mass is 127. The average Bonchev–Trinajstić information content (AvgIpc) is 3.21. The summed E-state index contributed by atoms with van der Waals surface area (Å²) in [5, 5.41) is 3.39. The van der Waals surface area contributed by atoms with E-state index in [1.807, 2.05) is 6.07 Å². The molecule has 2 aliphatic heterocycles. The topological polar surface area (TPSA) is 65.0 Å². The fourth-order valence-electron chi connectivity index (χ4n) is 3.64. The third-order valence-electron chi connectivity index (χ3n) is 5.19. The quantitative estimate of drug-likeness (QED) is 0.379. The zero-order chi connectivity index (χ0) is 18.4. The van der Waals surface area contributed by atoms with Gasteiger partial charge >= 0.3 is 0 Å². The third-order valence-corrected chi connectivity index (χ3v) is 7.11. The zero-order valence-corrected chi connectivity index (χ0v) is 19.2. The molecular weight excluding hydrogens is 475 g/mol. The molecule has 2 aliphatic rings. The number of nitrogens with zero attached hydrogens (tertiary/aromatic N) is 3. The Kier molecular flexibility index (Phi) is 8.81. The Morgan fingerprint density at radius 3 is 2.33 bits per heavy atom. The van der Waals surface area contributed by atoms with Gasteiger partial charge in [-0.25, -0.2) is 8.42 Å². The molecule has 0 spiro atoms. The minimum Gasteiger partial charge on any atom is -0.357 e. The summed E-state index contributed by atoms with van der Waals surface area (Å²) in [7, 11) is -3.36.